The number of furan rings is 1. The van der Waals surface area contributed by atoms with Gasteiger partial charge in [-0.05, 0) is 18.6 Å². The molecule has 18 heavy (non-hydrogen) atoms. The van der Waals surface area contributed by atoms with Gasteiger partial charge in [0.1, 0.15) is 0 Å². The van der Waals surface area contributed by atoms with E-state index in [-0.39, 0.29) is 0 Å². The largest absolute Gasteiger partial charge is 0.462 e. The highest BCUT2D eigenvalue weighted by molar-refractivity contribution is 7.19. The number of nitrogens with zero attached hydrogens (tertiary/aromatic N) is 2. The van der Waals surface area contributed by atoms with E-state index in [1.165, 1.54) is 11.3 Å². The summed E-state index contributed by atoms with van der Waals surface area (Å²) in [7, 11) is 0. The number of nitrogen functional groups attached to an aromatic ring is 1. The van der Waals surface area contributed by atoms with Crippen LogP contribution in [0.25, 0.3) is 21.3 Å². The van der Waals surface area contributed by atoms with E-state index in [4.69, 9.17) is 10.2 Å². The maximum atomic E-state index is 5.68. The van der Waals surface area contributed by atoms with Gasteiger partial charge in [0.15, 0.2) is 15.9 Å². The summed E-state index contributed by atoms with van der Waals surface area (Å²) in [6.07, 6.45) is 2.52. The van der Waals surface area contributed by atoms with Gasteiger partial charge < -0.3 is 10.2 Å². The first kappa shape index (κ1) is 11.4. The van der Waals surface area contributed by atoms with E-state index in [0.29, 0.717) is 5.13 Å². The quantitative estimate of drug-likeness (QED) is 0.793. The molecule has 0 spiro atoms. The Labute approximate surface area is 112 Å². The van der Waals surface area contributed by atoms with Crippen molar-refractivity contribution in [1.82, 2.24) is 9.97 Å². The van der Waals surface area contributed by atoms with Gasteiger partial charge in [-0.15, -0.1) is 22.7 Å². The highest BCUT2D eigenvalue weighted by Crippen LogP contribution is 2.36. The number of thiazole rings is 2. The molecule has 0 unspecified atom stereocenters. The Morgan fingerprint density at radius 3 is 2.89 bits per heavy atom. The fourth-order valence-electron chi connectivity index (χ4n) is 1.69. The zero-order valence-electron chi connectivity index (χ0n) is 9.71. The second-order valence-electron chi connectivity index (χ2n) is 3.70. The van der Waals surface area contributed by atoms with Gasteiger partial charge in [-0.2, -0.15) is 0 Å². The van der Waals surface area contributed by atoms with Crippen LogP contribution >= 0.6 is 22.7 Å². The summed E-state index contributed by atoms with van der Waals surface area (Å²) in [6, 6.07) is 3.78. The summed E-state index contributed by atoms with van der Waals surface area (Å²) in [5.74, 6) is 0.796. The molecule has 3 rings (SSSR count). The average molecular weight is 277 g/mol. The predicted octanol–water partition coefficient (Wildman–Crippen LogP) is 3.67. The molecule has 0 aliphatic rings. The van der Waals surface area contributed by atoms with Crippen LogP contribution in [0.4, 0.5) is 5.13 Å². The fourth-order valence-corrected chi connectivity index (χ4v) is 3.40. The van der Waals surface area contributed by atoms with Gasteiger partial charge in [0, 0.05) is 5.38 Å². The van der Waals surface area contributed by atoms with Crippen molar-refractivity contribution in [3.63, 3.8) is 0 Å². The van der Waals surface area contributed by atoms with Gasteiger partial charge in [0.25, 0.3) is 0 Å². The van der Waals surface area contributed by atoms with Gasteiger partial charge >= 0.3 is 0 Å². The molecule has 0 aromatic carbocycles. The number of hydrogen-bond acceptors (Lipinski definition) is 6. The molecule has 0 aliphatic carbocycles. The third-order valence-electron chi connectivity index (χ3n) is 2.52. The first-order chi connectivity index (χ1) is 8.78. The van der Waals surface area contributed by atoms with E-state index in [1.807, 2.05) is 17.5 Å². The van der Waals surface area contributed by atoms with Crippen LogP contribution in [0.3, 0.4) is 0 Å². The number of rotatable bonds is 3. The summed E-state index contributed by atoms with van der Waals surface area (Å²) in [6.45, 7) is 2.08. The first-order valence-electron chi connectivity index (χ1n) is 5.53. The van der Waals surface area contributed by atoms with Crippen molar-refractivity contribution in [2.24, 2.45) is 0 Å². The van der Waals surface area contributed by atoms with Crippen LogP contribution in [-0.2, 0) is 6.42 Å². The molecule has 0 amide bonds. The van der Waals surface area contributed by atoms with Crippen LogP contribution in [0.5, 0.6) is 0 Å². The lowest BCUT2D eigenvalue weighted by atomic mass is 10.2. The minimum Gasteiger partial charge on any atom is -0.462 e. The zero-order valence-corrected chi connectivity index (χ0v) is 11.3. The molecule has 3 aromatic heterocycles. The Morgan fingerprint density at radius 2 is 2.28 bits per heavy atom. The lowest BCUT2D eigenvalue weighted by molar-refractivity contribution is 0.581. The van der Waals surface area contributed by atoms with Gasteiger partial charge in [-0.25, -0.2) is 9.97 Å². The average Bonchev–Trinajstić information content (AvgIpc) is 3.07. The Morgan fingerprint density at radius 1 is 1.39 bits per heavy atom. The van der Waals surface area contributed by atoms with Gasteiger partial charge in [0.05, 0.1) is 22.5 Å². The van der Waals surface area contributed by atoms with Crippen LogP contribution in [0, 0.1) is 0 Å². The molecule has 0 radical (unpaired) electrons. The fraction of sp³-hybridized carbons (Fsp3) is 0.167. The number of aromatic nitrogens is 2. The highest BCUT2D eigenvalue weighted by Gasteiger charge is 2.16. The summed E-state index contributed by atoms with van der Waals surface area (Å²) in [4.78, 5) is 10.0. The number of hydrogen-bond donors (Lipinski definition) is 1. The third kappa shape index (κ3) is 1.93. The Hall–Kier alpha value is -1.66. The van der Waals surface area contributed by atoms with Crippen LogP contribution in [0.15, 0.2) is 28.2 Å². The lowest BCUT2D eigenvalue weighted by Gasteiger charge is -1.93. The smallest absolute Gasteiger partial charge is 0.180 e. The Balaban J connectivity index is 2.09. The number of nitrogens with two attached hydrogens (primary N) is 1. The molecule has 0 fully saturated rings. The molecule has 0 aliphatic heterocycles. The van der Waals surface area contributed by atoms with E-state index in [9.17, 15) is 0 Å². The summed E-state index contributed by atoms with van der Waals surface area (Å²) in [5.41, 5.74) is 7.63. The lowest BCUT2D eigenvalue weighted by Crippen LogP contribution is -1.86. The van der Waals surface area contributed by atoms with E-state index in [0.717, 1.165) is 33.5 Å². The molecule has 3 heterocycles. The second kappa shape index (κ2) is 4.55. The van der Waals surface area contributed by atoms with E-state index in [2.05, 4.69) is 16.9 Å². The normalized spacial score (nSPS) is 10.9. The number of aryl methyl sites for hydroxylation is 1. The standard InChI is InChI=1S/C12H11N3OS2/c1-2-7-10(8-6-17-12(13)15-8)18-11(14-7)9-4-3-5-16-9/h3-6H,2H2,1H3,(H2,13,15). The third-order valence-corrected chi connectivity index (χ3v) is 4.33. The van der Waals surface area contributed by atoms with E-state index < -0.39 is 0 Å². The highest BCUT2D eigenvalue weighted by atomic mass is 32.1. The molecule has 0 atom stereocenters. The van der Waals surface area contributed by atoms with Crippen molar-refractivity contribution < 1.29 is 4.42 Å². The number of anilines is 1. The summed E-state index contributed by atoms with van der Waals surface area (Å²) >= 11 is 3.04. The zero-order chi connectivity index (χ0) is 12.5. The molecule has 92 valence electrons. The van der Waals surface area contributed by atoms with Crippen molar-refractivity contribution >= 4 is 27.8 Å². The Kier molecular flexibility index (Phi) is 2.89. The van der Waals surface area contributed by atoms with E-state index in [1.54, 1.807) is 17.6 Å². The molecular formula is C12H11N3OS2. The van der Waals surface area contributed by atoms with Crippen LogP contribution < -0.4 is 5.73 Å². The van der Waals surface area contributed by atoms with Gasteiger partial charge in [-0.1, -0.05) is 6.92 Å². The molecule has 6 heteroatoms. The van der Waals surface area contributed by atoms with Crippen molar-refractivity contribution in [2.75, 3.05) is 5.73 Å². The molecular weight excluding hydrogens is 266 g/mol. The monoisotopic (exact) mass is 277 g/mol. The minimum absolute atomic E-state index is 0.583. The van der Waals surface area contributed by atoms with Crippen LogP contribution in [0.2, 0.25) is 0 Å². The van der Waals surface area contributed by atoms with E-state index >= 15 is 0 Å². The van der Waals surface area contributed by atoms with Crippen LogP contribution in [0.1, 0.15) is 12.6 Å². The van der Waals surface area contributed by atoms with Crippen molar-refractivity contribution in [2.45, 2.75) is 13.3 Å². The van der Waals surface area contributed by atoms with Gasteiger partial charge in [-0.3, -0.25) is 0 Å². The topological polar surface area (TPSA) is 64.9 Å². The molecule has 0 bridgehead atoms. The second-order valence-corrected chi connectivity index (χ2v) is 5.59. The molecule has 0 saturated heterocycles. The Bertz CT molecular complexity index is 655. The molecule has 4 nitrogen and oxygen atoms in total. The van der Waals surface area contributed by atoms with Crippen LogP contribution in [-0.4, -0.2) is 9.97 Å². The summed E-state index contributed by atoms with van der Waals surface area (Å²) in [5, 5.41) is 3.44. The predicted molar refractivity (Wildman–Crippen MR) is 74.7 cm³/mol. The van der Waals surface area contributed by atoms with Crippen molar-refractivity contribution in [1.29, 1.82) is 0 Å². The van der Waals surface area contributed by atoms with Gasteiger partial charge in [0.2, 0.25) is 0 Å². The molecule has 3 aromatic rings. The maximum absolute atomic E-state index is 5.68. The summed E-state index contributed by atoms with van der Waals surface area (Å²) < 4.78 is 5.38. The first-order valence-corrected chi connectivity index (χ1v) is 7.22. The van der Waals surface area contributed by atoms with Crippen molar-refractivity contribution in [3.05, 3.63) is 29.5 Å². The minimum atomic E-state index is 0.583. The maximum Gasteiger partial charge on any atom is 0.180 e. The molecule has 0 saturated carbocycles. The van der Waals surface area contributed by atoms with Crippen molar-refractivity contribution in [3.8, 4) is 21.3 Å². The molecule has 2 N–H and O–H groups in total. The SMILES string of the molecule is CCc1nc(-c2ccco2)sc1-c1csc(N)n1.